The number of hydrogen-bond acceptors (Lipinski definition) is 20. The Morgan fingerprint density at radius 1 is 0.437 bits per heavy atom. The maximum atomic E-state index is 10.5. The number of rotatable bonds is 9. The average Bonchev–Trinajstić information content (AvgIpc) is 3.87. The van der Waals surface area contributed by atoms with Crippen molar-refractivity contribution in [3.63, 3.8) is 0 Å². The van der Waals surface area contributed by atoms with E-state index in [1.165, 1.54) is 14.2 Å². The molecule has 7 rings (SSSR count). The van der Waals surface area contributed by atoms with Gasteiger partial charge < -0.3 is 126 Å². The van der Waals surface area contributed by atoms with Crippen molar-refractivity contribution in [2.24, 2.45) is 0 Å². The van der Waals surface area contributed by atoms with E-state index in [9.17, 15) is 14.4 Å². The van der Waals surface area contributed by atoms with Crippen LogP contribution in [0, 0.1) is 0 Å². The molecular weight excluding hydrogens is 1470 g/mol. The van der Waals surface area contributed by atoms with Crippen LogP contribution in [0.25, 0.3) is 0 Å². The zero-order valence-corrected chi connectivity index (χ0v) is 63.0. The Bertz CT molecular complexity index is 1290. The van der Waals surface area contributed by atoms with Crippen LogP contribution < -0.4 is 10.4 Å². The fraction of sp³-hybridized carbons (Fsp3) is 0.636. The molecule has 26 nitrogen and oxygen atoms in total. The van der Waals surface area contributed by atoms with Crippen LogP contribution in [0.15, 0.2) is 60.7 Å². The summed E-state index contributed by atoms with van der Waals surface area (Å²) in [6.07, 6.45) is 0. The van der Waals surface area contributed by atoms with Gasteiger partial charge in [-0.2, -0.15) is 0 Å². The molecule has 5 saturated heterocycles. The van der Waals surface area contributed by atoms with E-state index >= 15 is 0 Å². The molecule has 6 atom stereocenters. The van der Waals surface area contributed by atoms with Gasteiger partial charge in [-0.3, -0.25) is 0 Å². The molecule has 0 radical (unpaired) electrons. The third kappa shape index (κ3) is 29.6. The molecule has 5 fully saturated rings. The van der Waals surface area contributed by atoms with Crippen LogP contribution in [0.2, 0.25) is 48.4 Å². The third-order valence-corrected chi connectivity index (χ3v) is 36.2. The van der Waals surface area contributed by atoms with Gasteiger partial charge in [-0.15, -0.1) is 0 Å². The van der Waals surface area contributed by atoms with E-state index in [-0.39, 0.29) is 186 Å². The first-order valence-corrected chi connectivity index (χ1v) is 32.9. The minimum Gasteiger partial charge on any atom is -0.415 e. The maximum absolute atomic E-state index is 10.5. The Morgan fingerprint density at radius 2 is 0.676 bits per heavy atom. The van der Waals surface area contributed by atoms with Gasteiger partial charge in [-0.1, -0.05) is 74.5 Å². The molecule has 23 N–H and O–H groups in total. The van der Waals surface area contributed by atoms with Gasteiger partial charge in [0.1, 0.15) is 0 Å². The second-order valence-electron chi connectivity index (χ2n) is 12.5. The predicted molar refractivity (Wildman–Crippen MR) is 263 cm³/mol. The van der Waals surface area contributed by atoms with Gasteiger partial charge in [0, 0.05) is 231 Å². The molecule has 2 unspecified atom stereocenters. The van der Waals surface area contributed by atoms with E-state index in [0.29, 0.717) is 0 Å². The Balaban J connectivity index is -0.0000000473. The van der Waals surface area contributed by atoms with Crippen molar-refractivity contribution in [2.45, 2.75) is 62.2 Å². The van der Waals surface area contributed by atoms with Gasteiger partial charge in [0.2, 0.25) is 0 Å². The fourth-order valence-corrected chi connectivity index (χ4v) is 41.3. The third-order valence-electron chi connectivity index (χ3n) is 8.64. The van der Waals surface area contributed by atoms with E-state index in [0.717, 1.165) is 67.3 Å². The van der Waals surface area contributed by atoms with Gasteiger partial charge >= 0.3 is 60.9 Å². The Morgan fingerprint density at radius 3 is 0.873 bits per heavy atom. The molecule has 2 aromatic carbocycles. The van der Waals surface area contributed by atoms with Crippen molar-refractivity contribution >= 4 is 71.3 Å². The first-order valence-electron chi connectivity index (χ1n) is 18.2. The molecule has 0 aliphatic carbocycles. The van der Waals surface area contributed by atoms with Crippen LogP contribution in [0.5, 0.6) is 0 Å². The molecule has 5 heterocycles. The van der Waals surface area contributed by atoms with Gasteiger partial charge in [-0.05, 0) is 36.6 Å². The van der Waals surface area contributed by atoms with Crippen LogP contribution in [0.4, 0.5) is 0 Å². The Kier molecular flexibility index (Phi) is 90.5. The van der Waals surface area contributed by atoms with E-state index < -0.39 is 60.9 Å². The number of benzene rings is 2. The van der Waals surface area contributed by atoms with Gasteiger partial charge in [-0.25, -0.2) is 0 Å². The van der Waals surface area contributed by atoms with Crippen LogP contribution in [-0.2, 0) is 169 Å². The summed E-state index contributed by atoms with van der Waals surface area (Å²) in [5.74, 6) is 0. The molecule has 0 saturated carbocycles. The minimum atomic E-state index is -3.27. The van der Waals surface area contributed by atoms with Crippen LogP contribution in [0.3, 0.4) is 0 Å². The van der Waals surface area contributed by atoms with Crippen molar-refractivity contribution in [2.75, 3.05) is 78.2 Å². The Labute approximate surface area is 523 Å². The van der Waals surface area contributed by atoms with Crippen LogP contribution in [-0.4, -0.2) is 227 Å². The summed E-state index contributed by atoms with van der Waals surface area (Å²) in [6.45, 7) is 11.3. The molecule has 5 aliphatic rings. The van der Waals surface area contributed by atoms with Crippen molar-refractivity contribution in [3.05, 3.63) is 60.7 Å². The fourth-order valence-electron chi connectivity index (χ4n) is 6.92. The monoisotopic (exact) mass is 1550 g/mol. The summed E-state index contributed by atoms with van der Waals surface area (Å²) in [6, 6.07) is 20.1. The van der Waals surface area contributed by atoms with E-state index in [2.05, 4.69) is 0 Å². The summed E-state index contributed by atoms with van der Waals surface area (Å²) in [7, 11) is -7.92. The first-order chi connectivity index (χ1) is 28.4. The minimum absolute atomic E-state index is 0. The number of aliphatic hydroxyl groups is 8. The zero-order chi connectivity index (χ0) is 48.4. The summed E-state index contributed by atoms with van der Waals surface area (Å²) >= 11 is 0. The van der Waals surface area contributed by atoms with E-state index in [1.807, 2.05) is 87.6 Å². The van der Waals surface area contributed by atoms with Gasteiger partial charge in [0.05, 0.1) is 0 Å². The van der Waals surface area contributed by atoms with Crippen molar-refractivity contribution in [1.29, 1.82) is 0 Å². The first kappa shape index (κ1) is 114. The van der Waals surface area contributed by atoms with E-state index in [1.54, 1.807) is 20.2 Å². The smallest absolute Gasteiger partial charge is 0.415 e. The van der Waals surface area contributed by atoms with Crippen molar-refractivity contribution < 1.29 is 257 Å². The second kappa shape index (κ2) is 56.6. The molecule has 2 aromatic rings. The summed E-state index contributed by atoms with van der Waals surface area (Å²) in [4.78, 5) is 31.2. The predicted octanol–water partition coefficient (Wildman–Crippen LogP) is -6.11. The SMILES string of the molecule is CO.CO.CO.CO.CO.CO.CO.CO.CO[Si](O[Si](C)(C)O[Si](C)(C)O)(c1ccccc1)c1ccccc1.CO[Si]1(O)O[Si]23O[Si]4(O[Si](O)(OC)[C@@H](C)[C@H]4[C@H]2[C@H]1C)O3.O.O.O.O.O.O.[Zr].[Zr].[Zr].[Zr].[Zr]. The molecule has 424 valence electrons. The quantitative estimate of drug-likeness (QED) is 0.104. The Hall–Kier alpha value is 3.33. The van der Waals surface area contributed by atoms with E-state index in [4.69, 9.17) is 78.8 Å². The topological polar surface area (TPSA) is 495 Å². The van der Waals surface area contributed by atoms with Crippen LogP contribution >= 0.6 is 0 Å². The largest absolute Gasteiger partial charge is 0.493 e. The normalized spacial score (nSPS) is 23.9. The molecule has 71 heavy (non-hydrogen) atoms. The maximum Gasteiger partial charge on any atom is 0.493 e. The summed E-state index contributed by atoms with van der Waals surface area (Å²) in [5, 5.41) is 58.1. The van der Waals surface area contributed by atoms with Crippen molar-refractivity contribution in [1.82, 2.24) is 0 Å². The number of hydrogen-bond donors (Lipinski definition) is 11. The standard InChI is InChI=1S/C17H26O4Si3.C8H18O8Si4.8CH4O.6H2O.5Zr/c1-19-24(16-12-8-6-9-13-16,17-14-10-7-11-15-17)21-23(4,5)20-22(2,3)18;1-5-7-8-6(2)18(10,12-4)14-20(8)15-19(7,16-20)13-17(5,9)11-3;8*1-2;;;;;;;;;;;/h6-15,18H,1-5H3;5-10H,1-4H3;8*2H,1H3;6*1H2;;;;;/t;5-,6+,7-,8+,17?,18?,19?,20?;;;;;;;;;;;;;;;;;;;. The van der Waals surface area contributed by atoms with Crippen molar-refractivity contribution in [3.8, 4) is 0 Å². The van der Waals surface area contributed by atoms with Gasteiger partial charge in [0.15, 0.2) is 0 Å². The molecule has 5 aliphatic heterocycles. The van der Waals surface area contributed by atoms with Gasteiger partial charge in [0.25, 0.3) is 0 Å². The summed E-state index contributed by atoms with van der Waals surface area (Å²) in [5.41, 5.74) is -0.421. The zero-order valence-electron chi connectivity index (χ0n) is 43.7. The number of aliphatic hydroxyl groups excluding tert-OH is 8. The molecule has 0 aromatic heterocycles. The average molecular weight is 1550 g/mol. The molecule has 2 spiro atoms. The second-order valence-corrected chi connectivity index (χ2v) is 34.8. The summed E-state index contributed by atoms with van der Waals surface area (Å²) < 4.78 is 52.7. The molecule has 0 amide bonds. The molecule has 38 heteroatoms. The molecular formula is C33H88O26Si7Zr5. The van der Waals surface area contributed by atoms with Crippen LogP contribution in [0.1, 0.15) is 13.8 Å². The molecule has 2 bridgehead atoms.